The van der Waals surface area contributed by atoms with Gasteiger partial charge in [0.1, 0.15) is 5.82 Å². The predicted molar refractivity (Wildman–Crippen MR) is 52.9 cm³/mol. The number of rotatable bonds is 2. The molecule has 0 radical (unpaired) electrons. The van der Waals surface area contributed by atoms with Gasteiger partial charge in [-0.25, -0.2) is 4.39 Å². The van der Waals surface area contributed by atoms with E-state index in [2.05, 4.69) is 4.18 Å². The van der Waals surface area contributed by atoms with Gasteiger partial charge in [0.2, 0.25) is 0 Å². The molecular formula is C9H13FO3S. The average Bonchev–Trinajstić information content (AvgIpc) is 2.04. The fourth-order valence-corrected chi connectivity index (χ4v) is 1.06. The fraction of sp³-hybridized carbons (Fsp3) is 0.333. The van der Waals surface area contributed by atoms with Crippen LogP contribution in [0.5, 0.6) is 0 Å². The second-order valence-electron chi connectivity index (χ2n) is 2.41. The van der Waals surface area contributed by atoms with E-state index in [1.807, 2.05) is 0 Å². The van der Waals surface area contributed by atoms with E-state index in [0.29, 0.717) is 0 Å². The highest BCUT2D eigenvalue weighted by atomic mass is 32.2. The maximum Gasteiger partial charge on any atom is 0.264 e. The van der Waals surface area contributed by atoms with E-state index in [0.717, 1.165) is 6.26 Å². The van der Waals surface area contributed by atoms with Crippen LogP contribution in [0.4, 0.5) is 4.39 Å². The minimum absolute atomic E-state index is 0.178. The van der Waals surface area contributed by atoms with Gasteiger partial charge < -0.3 is 0 Å². The van der Waals surface area contributed by atoms with Gasteiger partial charge in [-0.15, -0.1) is 0 Å². The largest absolute Gasteiger partial charge is 0.271 e. The van der Waals surface area contributed by atoms with Gasteiger partial charge in [0, 0.05) is 0 Å². The summed E-state index contributed by atoms with van der Waals surface area (Å²) >= 11 is 0. The topological polar surface area (TPSA) is 43.4 Å². The molecule has 0 spiro atoms. The van der Waals surface area contributed by atoms with Crippen molar-refractivity contribution < 1.29 is 17.0 Å². The molecule has 1 aromatic rings. The summed E-state index contributed by atoms with van der Waals surface area (Å²) in [4.78, 5) is 0. The monoisotopic (exact) mass is 220 g/mol. The zero-order valence-corrected chi connectivity index (χ0v) is 8.92. The minimum Gasteiger partial charge on any atom is -0.271 e. The van der Waals surface area contributed by atoms with E-state index >= 15 is 0 Å². The summed E-state index contributed by atoms with van der Waals surface area (Å²) in [6, 6.07) is 7.94. The normalized spacial score (nSPS) is 10.2. The molecule has 0 saturated carbocycles. The molecule has 0 saturated heterocycles. The fourth-order valence-electron chi connectivity index (χ4n) is 0.629. The molecule has 0 unspecified atom stereocenters. The lowest BCUT2D eigenvalue weighted by molar-refractivity contribution is 0.342. The molecule has 1 aromatic carbocycles. The third kappa shape index (κ3) is 9.15. The van der Waals surface area contributed by atoms with E-state index in [4.69, 9.17) is 0 Å². The quantitative estimate of drug-likeness (QED) is 0.714. The van der Waals surface area contributed by atoms with Crippen LogP contribution in [0.25, 0.3) is 0 Å². The highest BCUT2D eigenvalue weighted by Gasteiger charge is 1.94. The Morgan fingerprint density at radius 2 is 1.79 bits per heavy atom. The number of benzene rings is 1. The molecule has 80 valence electrons. The molecule has 5 heteroatoms. The molecule has 3 nitrogen and oxygen atoms in total. The Hall–Kier alpha value is -0.940. The van der Waals surface area contributed by atoms with Crippen molar-refractivity contribution >= 4 is 10.1 Å². The van der Waals surface area contributed by atoms with E-state index in [1.54, 1.807) is 25.1 Å². The molecule has 0 fully saturated rings. The lowest BCUT2D eigenvalue weighted by Crippen LogP contribution is -2.00. The van der Waals surface area contributed by atoms with Crippen molar-refractivity contribution in [1.29, 1.82) is 0 Å². The molecule has 0 amide bonds. The van der Waals surface area contributed by atoms with Gasteiger partial charge in [-0.2, -0.15) is 8.42 Å². The van der Waals surface area contributed by atoms with E-state index < -0.39 is 10.1 Å². The third-order valence-corrected chi connectivity index (χ3v) is 1.73. The Morgan fingerprint density at radius 3 is 1.93 bits per heavy atom. The van der Waals surface area contributed by atoms with Crippen molar-refractivity contribution in [2.24, 2.45) is 0 Å². The van der Waals surface area contributed by atoms with Gasteiger partial charge in [-0.1, -0.05) is 18.2 Å². The molecule has 1 rings (SSSR count). The van der Waals surface area contributed by atoms with Gasteiger partial charge >= 0.3 is 0 Å². The second kappa shape index (κ2) is 6.50. The molecule has 0 aromatic heterocycles. The van der Waals surface area contributed by atoms with E-state index in [-0.39, 0.29) is 12.4 Å². The molecule has 0 aliphatic carbocycles. The summed E-state index contributed by atoms with van der Waals surface area (Å²) in [5.74, 6) is -0.178. The van der Waals surface area contributed by atoms with Crippen molar-refractivity contribution in [2.75, 3.05) is 12.9 Å². The summed E-state index contributed by atoms with van der Waals surface area (Å²) in [6.07, 6.45) is 1.02. The summed E-state index contributed by atoms with van der Waals surface area (Å²) in [7, 11) is -3.17. The maximum atomic E-state index is 11.9. The summed E-state index contributed by atoms with van der Waals surface area (Å²) in [5, 5.41) is 0. The molecule has 0 N–H and O–H groups in total. The molecule has 0 aliphatic heterocycles. The van der Waals surface area contributed by atoms with E-state index in [1.165, 1.54) is 12.1 Å². The minimum atomic E-state index is -3.17. The van der Waals surface area contributed by atoms with Crippen molar-refractivity contribution in [3.8, 4) is 0 Å². The Labute approximate surface area is 83.6 Å². The summed E-state index contributed by atoms with van der Waals surface area (Å²) in [6.45, 7) is 1.85. The van der Waals surface area contributed by atoms with Crippen LogP contribution in [0.15, 0.2) is 30.3 Å². The van der Waals surface area contributed by atoms with Gasteiger partial charge in [0.15, 0.2) is 0 Å². The van der Waals surface area contributed by atoms with Crippen LogP contribution in [0, 0.1) is 5.82 Å². The van der Waals surface area contributed by atoms with Crippen LogP contribution in [0.2, 0.25) is 0 Å². The maximum absolute atomic E-state index is 11.9. The molecule has 0 heterocycles. The van der Waals surface area contributed by atoms with Gasteiger partial charge in [0.25, 0.3) is 10.1 Å². The lowest BCUT2D eigenvalue weighted by atomic mass is 10.4. The van der Waals surface area contributed by atoms with Gasteiger partial charge in [-0.05, 0) is 19.1 Å². The van der Waals surface area contributed by atoms with Crippen LogP contribution in [-0.2, 0) is 14.3 Å². The molecular weight excluding hydrogens is 207 g/mol. The third-order valence-electron chi connectivity index (χ3n) is 1.07. The molecule has 0 bridgehead atoms. The molecule has 0 atom stereocenters. The Kier molecular flexibility index (Phi) is 6.07. The molecule has 14 heavy (non-hydrogen) atoms. The van der Waals surface area contributed by atoms with Crippen LogP contribution < -0.4 is 0 Å². The van der Waals surface area contributed by atoms with Crippen LogP contribution >= 0.6 is 0 Å². The average molecular weight is 220 g/mol. The Balaban J connectivity index is 0.000000241. The highest BCUT2D eigenvalue weighted by Crippen LogP contribution is 1.91. The lowest BCUT2D eigenvalue weighted by Gasteiger charge is -1.90. The van der Waals surface area contributed by atoms with Gasteiger partial charge in [-0.3, -0.25) is 4.18 Å². The number of hydrogen-bond acceptors (Lipinski definition) is 3. The highest BCUT2D eigenvalue weighted by molar-refractivity contribution is 7.85. The summed E-state index contributed by atoms with van der Waals surface area (Å²) in [5.41, 5.74) is 0. The van der Waals surface area contributed by atoms with Crippen LogP contribution in [0.3, 0.4) is 0 Å². The Bertz CT molecular complexity index is 334. The van der Waals surface area contributed by atoms with Crippen molar-refractivity contribution in [3.05, 3.63) is 36.1 Å². The zero-order chi connectivity index (χ0) is 11.0. The van der Waals surface area contributed by atoms with E-state index in [9.17, 15) is 12.8 Å². The van der Waals surface area contributed by atoms with Crippen molar-refractivity contribution in [3.63, 3.8) is 0 Å². The number of halogens is 1. The first-order chi connectivity index (χ1) is 6.45. The first-order valence-electron chi connectivity index (χ1n) is 4.00. The SMILES string of the molecule is CCOS(C)(=O)=O.Fc1ccccc1. The number of hydrogen-bond donors (Lipinski definition) is 0. The van der Waals surface area contributed by atoms with Crippen LogP contribution in [0.1, 0.15) is 6.92 Å². The van der Waals surface area contributed by atoms with Gasteiger partial charge in [0.05, 0.1) is 12.9 Å². The smallest absolute Gasteiger partial charge is 0.264 e. The molecule has 0 aliphatic rings. The first-order valence-corrected chi connectivity index (χ1v) is 5.82. The zero-order valence-electron chi connectivity index (χ0n) is 8.10. The second-order valence-corrected chi connectivity index (χ2v) is 4.05. The van der Waals surface area contributed by atoms with Crippen molar-refractivity contribution in [1.82, 2.24) is 0 Å². The predicted octanol–water partition coefficient (Wildman–Crippen LogP) is 1.81. The van der Waals surface area contributed by atoms with Crippen LogP contribution in [-0.4, -0.2) is 21.3 Å². The summed E-state index contributed by atoms with van der Waals surface area (Å²) < 4.78 is 36.1. The van der Waals surface area contributed by atoms with Crippen molar-refractivity contribution in [2.45, 2.75) is 6.92 Å². The first kappa shape index (κ1) is 13.1. The standard InChI is InChI=1S/C6H5F.C3H8O3S/c7-6-4-2-1-3-5-6;1-3-6-7(2,4)5/h1-5H;3H2,1-2H3. The Morgan fingerprint density at radius 1 is 1.29 bits per heavy atom.